The predicted octanol–water partition coefficient (Wildman–Crippen LogP) is 4.43. The number of halogens is 2. The van der Waals surface area contributed by atoms with E-state index < -0.39 is 11.5 Å². The topological polar surface area (TPSA) is 68.5 Å². The third-order valence-electron chi connectivity index (χ3n) is 3.51. The Labute approximate surface area is 153 Å². The Balaban J connectivity index is 1.70. The van der Waals surface area contributed by atoms with Crippen LogP contribution in [0.15, 0.2) is 51.7 Å². The zero-order valence-electron chi connectivity index (χ0n) is 13.1. The molecule has 1 heterocycles. The third kappa shape index (κ3) is 3.95. The molecule has 128 valence electrons. The van der Waals surface area contributed by atoms with E-state index >= 15 is 0 Å². The van der Waals surface area contributed by atoms with Crippen molar-refractivity contribution in [1.82, 2.24) is 0 Å². The molecule has 0 saturated carbocycles. The third-order valence-corrected chi connectivity index (χ3v) is 4.32. The summed E-state index contributed by atoms with van der Waals surface area (Å²) < 4.78 is 10.5. The number of nitrogens with one attached hydrogen (secondary N) is 1. The molecule has 0 saturated heterocycles. The summed E-state index contributed by atoms with van der Waals surface area (Å²) in [5.74, 6) is -0.0116. The second-order valence-electron chi connectivity index (χ2n) is 5.34. The molecule has 25 heavy (non-hydrogen) atoms. The smallest absolute Gasteiger partial charge is 0.336 e. The molecular weight excluding hydrogens is 365 g/mol. The van der Waals surface area contributed by atoms with Crippen molar-refractivity contribution in [2.45, 2.75) is 6.92 Å². The van der Waals surface area contributed by atoms with E-state index in [9.17, 15) is 9.59 Å². The van der Waals surface area contributed by atoms with Crippen LogP contribution in [0.5, 0.6) is 5.75 Å². The van der Waals surface area contributed by atoms with Gasteiger partial charge in [-0.15, -0.1) is 0 Å². The average Bonchev–Trinajstić information content (AvgIpc) is 2.60. The molecule has 3 aromatic rings. The standard InChI is InChI=1S/C18H13Cl2NO4/c1-10-2-6-13(19)18(17(10)20)21-15(22)9-24-12-5-3-11-4-7-16(23)25-14(11)8-12/h2-8H,9H2,1H3,(H,21,22). The highest BCUT2D eigenvalue weighted by Gasteiger charge is 2.12. The van der Waals surface area contributed by atoms with E-state index in [1.807, 2.05) is 6.92 Å². The maximum Gasteiger partial charge on any atom is 0.336 e. The van der Waals surface area contributed by atoms with Gasteiger partial charge in [-0.25, -0.2) is 4.79 Å². The first-order valence-electron chi connectivity index (χ1n) is 7.35. The van der Waals surface area contributed by atoms with Gasteiger partial charge in [0.15, 0.2) is 6.61 Å². The van der Waals surface area contributed by atoms with Crippen LogP contribution in [-0.4, -0.2) is 12.5 Å². The molecule has 0 aliphatic heterocycles. The summed E-state index contributed by atoms with van der Waals surface area (Å²) in [7, 11) is 0. The first kappa shape index (κ1) is 17.3. The van der Waals surface area contributed by atoms with Crippen molar-refractivity contribution in [3.63, 3.8) is 0 Å². The summed E-state index contributed by atoms with van der Waals surface area (Å²) in [4.78, 5) is 23.4. The minimum atomic E-state index is -0.453. The molecule has 0 aliphatic carbocycles. The van der Waals surface area contributed by atoms with Crippen molar-refractivity contribution in [1.29, 1.82) is 0 Å². The SMILES string of the molecule is Cc1ccc(Cl)c(NC(=O)COc2ccc3ccc(=O)oc3c2)c1Cl. The first-order valence-corrected chi connectivity index (χ1v) is 8.11. The Bertz CT molecular complexity index is 1010. The molecule has 0 atom stereocenters. The molecule has 0 fully saturated rings. The van der Waals surface area contributed by atoms with Gasteiger partial charge in [-0.2, -0.15) is 0 Å². The van der Waals surface area contributed by atoms with Crippen molar-refractivity contribution in [2.24, 2.45) is 0 Å². The average molecular weight is 378 g/mol. The fourth-order valence-electron chi connectivity index (χ4n) is 2.23. The maximum absolute atomic E-state index is 12.1. The molecule has 1 aromatic heterocycles. The van der Waals surface area contributed by atoms with Crippen LogP contribution in [0.1, 0.15) is 5.56 Å². The Morgan fingerprint density at radius 3 is 2.72 bits per heavy atom. The van der Waals surface area contributed by atoms with E-state index in [1.165, 1.54) is 6.07 Å². The van der Waals surface area contributed by atoms with E-state index in [1.54, 1.807) is 36.4 Å². The quantitative estimate of drug-likeness (QED) is 0.683. The van der Waals surface area contributed by atoms with Gasteiger partial charge in [0.2, 0.25) is 0 Å². The van der Waals surface area contributed by atoms with Crippen LogP contribution in [-0.2, 0) is 4.79 Å². The van der Waals surface area contributed by atoms with Crippen LogP contribution < -0.4 is 15.7 Å². The number of carbonyl (C=O) groups excluding carboxylic acids is 1. The van der Waals surface area contributed by atoms with Crippen molar-refractivity contribution < 1.29 is 13.9 Å². The fraction of sp³-hybridized carbons (Fsp3) is 0.111. The lowest BCUT2D eigenvalue weighted by atomic mass is 10.2. The lowest BCUT2D eigenvalue weighted by molar-refractivity contribution is -0.118. The van der Waals surface area contributed by atoms with Gasteiger partial charge in [0.1, 0.15) is 11.3 Å². The number of hydrogen-bond donors (Lipinski definition) is 1. The molecule has 7 heteroatoms. The fourth-order valence-corrected chi connectivity index (χ4v) is 2.69. The number of ether oxygens (including phenoxy) is 1. The molecule has 3 rings (SSSR count). The summed E-state index contributed by atoms with van der Waals surface area (Å²) in [6, 6.07) is 11.4. The van der Waals surface area contributed by atoms with Crippen LogP contribution in [0.3, 0.4) is 0 Å². The minimum Gasteiger partial charge on any atom is -0.484 e. The molecule has 0 bridgehead atoms. The highest BCUT2D eigenvalue weighted by Crippen LogP contribution is 2.32. The zero-order valence-corrected chi connectivity index (χ0v) is 14.6. The van der Waals surface area contributed by atoms with Gasteiger partial charge >= 0.3 is 5.63 Å². The summed E-state index contributed by atoms with van der Waals surface area (Å²) in [5, 5.41) is 4.12. The zero-order chi connectivity index (χ0) is 18.0. The van der Waals surface area contributed by atoms with E-state index in [0.29, 0.717) is 27.1 Å². The number of anilines is 1. The molecule has 5 nitrogen and oxygen atoms in total. The lowest BCUT2D eigenvalue weighted by Crippen LogP contribution is -2.20. The van der Waals surface area contributed by atoms with Gasteiger partial charge in [-0.1, -0.05) is 29.3 Å². The largest absolute Gasteiger partial charge is 0.484 e. The number of hydrogen-bond acceptors (Lipinski definition) is 4. The summed E-state index contributed by atoms with van der Waals surface area (Å²) in [5.41, 5.74) is 1.08. The molecule has 2 aromatic carbocycles. The summed E-state index contributed by atoms with van der Waals surface area (Å²) in [6.45, 7) is 1.57. The van der Waals surface area contributed by atoms with Crippen LogP contribution in [0.2, 0.25) is 10.0 Å². The second kappa shape index (κ2) is 7.17. The lowest BCUT2D eigenvalue weighted by Gasteiger charge is -2.12. The van der Waals surface area contributed by atoms with Crippen LogP contribution in [0.4, 0.5) is 5.69 Å². The Hall–Kier alpha value is -2.50. The molecular formula is C18H13Cl2NO4. The Kier molecular flexibility index (Phi) is 4.97. The number of aryl methyl sites for hydroxylation is 1. The Morgan fingerprint density at radius 2 is 1.92 bits per heavy atom. The predicted molar refractivity (Wildman–Crippen MR) is 97.8 cm³/mol. The number of benzene rings is 2. The first-order chi connectivity index (χ1) is 11.9. The van der Waals surface area contributed by atoms with Gasteiger partial charge < -0.3 is 14.5 Å². The van der Waals surface area contributed by atoms with Gasteiger partial charge in [0.05, 0.1) is 15.7 Å². The summed E-state index contributed by atoms with van der Waals surface area (Å²) >= 11 is 12.2. The van der Waals surface area contributed by atoms with Gasteiger partial charge in [-0.3, -0.25) is 4.79 Å². The van der Waals surface area contributed by atoms with Crippen molar-refractivity contribution in [3.8, 4) is 5.75 Å². The highest BCUT2D eigenvalue weighted by atomic mass is 35.5. The van der Waals surface area contributed by atoms with Crippen LogP contribution in [0.25, 0.3) is 11.0 Å². The van der Waals surface area contributed by atoms with Gasteiger partial charge in [-0.05, 0) is 36.8 Å². The number of rotatable bonds is 4. The number of fused-ring (bicyclic) bond motifs is 1. The van der Waals surface area contributed by atoms with Crippen molar-refractivity contribution >= 4 is 45.8 Å². The van der Waals surface area contributed by atoms with Gasteiger partial charge in [0.25, 0.3) is 5.91 Å². The van der Waals surface area contributed by atoms with Gasteiger partial charge in [0, 0.05) is 17.5 Å². The van der Waals surface area contributed by atoms with E-state index in [2.05, 4.69) is 5.32 Å². The minimum absolute atomic E-state index is 0.247. The molecule has 0 spiro atoms. The second-order valence-corrected chi connectivity index (χ2v) is 6.13. The summed E-state index contributed by atoms with van der Waals surface area (Å²) in [6.07, 6.45) is 0. The molecule has 0 unspecified atom stereocenters. The number of amides is 1. The number of carbonyl (C=O) groups is 1. The highest BCUT2D eigenvalue weighted by molar-refractivity contribution is 6.40. The molecule has 1 N–H and O–H groups in total. The van der Waals surface area contributed by atoms with E-state index in [4.69, 9.17) is 32.4 Å². The maximum atomic E-state index is 12.1. The monoisotopic (exact) mass is 377 g/mol. The normalized spacial score (nSPS) is 10.7. The van der Waals surface area contributed by atoms with Crippen LogP contribution in [0, 0.1) is 6.92 Å². The molecule has 0 radical (unpaired) electrons. The Morgan fingerprint density at radius 1 is 1.16 bits per heavy atom. The van der Waals surface area contributed by atoms with E-state index in [-0.39, 0.29) is 6.61 Å². The molecule has 0 aliphatic rings. The van der Waals surface area contributed by atoms with Crippen molar-refractivity contribution in [2.75, 3.05) is 11.9 Å². The molecule has 1 amide bonds. The van der Waals surface area contributed by atoms with Crippen molar-refractivity contribution in [3.05, 3.63) is 68.5 Å². The van der Waals surface area contributed by atoms with Crippen LogP contribution >= 0.6 is 23.2 Å². The van der Waals surface area contributed by atoms with E-state index in [0.717, 1.165) is 10.9 Å².